The lowest BCUT2D eigenvalue weighted by Crippen LogP contribution is -2.47. The van der Waals surface area contributed by atoms with Crippen molar-refractivity contribution in [3.63, 3.8) is 0 Å². The van der Waals surface area contributed by atoms with Crippen LogP contribution in [0.25, 0.3) is 6.08 Å². The summed E-state index contributed by atoms with van der Waals surface area (Å²) in [4.78, 5) is 27.7. The Hall–Kier alpha value is -2.96. The van der Waals surface area contributed by atoms with Gasteiger partial charge in [-0.2, -0.15) is 0 Å². The van der Waals surface area contributed by atoms with Crippen molar-refractivity contribution < 1.29 is 14.7 Å². The van der Waals surface area contributed by atoms with Crippen LogP contribution >= 0.6 is 0 Å². The number of nitrogens with one attached hydrogen (secondary N) is 1. The van der Waals surface area contributed by atoms with Crippen molar-refractivity contribution in [2.45, 2.75) is 19.3 Å². The van der Waals surface area contributed by atoms with Crippen LogP contribution in [0.5, 0.6) is 0 Å². The summed E-state index contributed by atoms with van der Waals surface area (Å²) in [6.07, 6.45) is 5.38. The van der Waals surface area contributed by atoms with E-state index in [1.807, 2.05) is 0 Å². The van der Waals surface area contributed by atoms with E-state index < -0.39 is 5.97 Å². The number of aryl methyl sites for hydroxylation is 1. The number of carbonyl (C=O) groups excluding carboxylic acids is 1. The molecule has 1 heterocycles. The Labute approximate surface area is 184 Å². The van der Waals surface area contributed by atoms with Gasteiger partial charge < -0.3 is 20.2 Å². The predicted octanol–water partition coefficient (Wildman–Crippen LogP) is 3.36. The summed E-state index contributed by atoms with van der Waals surface area (Å²) in [5.74, 6) is -0.982. The first kappa shape index (κ1) is 22.7. The molecular formula is C25H31N3O3. The minimum absolute atomic E-state index is 0.000816. The molecule has 0 atom stereocenters. The topological polar surface area (TPSA) is 72.9 Å². The van der Waals surface area contributed by atoms with E-state index in [1.54, 1.807) is 24.3 Å². The SMILES string of the molecule is O=C(O)C=Cc1ccc(NC(=O)CCN2CCN(CCCc3ccccc3)CC2)cc1. The number of nitrogens with zero attached hydrogens (tertiary/aromatic N) is 2. The lowest BCUT2D eigenvalue weighted by molar-refractivity contribution is -0.131. The maximum atomic E-state index is 12.3. The van der Waals surface area contributed by atoms with Gasteiger partial charge in [-0.25, -0.2) is 4.79 Å². The van der Waals surface area contributed by atoms with Gasteiger partial charge in [0.25, 0.3) is 0 Å². The number of carboxylic acids is 1. The molecule has 0 unspecified atom stereocenters. The third-order valence-corrected chi connectivity index (χ3v) is 5.52. The molecule has 2 aromatic rings. The molecule has 0 aliphatic carbocycles. The van der Waals surface area contributed by atoms with Crippen molar-refractivity contribution in [3.8, 4) is 0 Å². The van der Waals surface area contributed by atoms with E-state index in [2.05, 4.69) is 45.4 Å². The second kappa shape index (κ2) is 12.0. The van der Waals surface area contributed by atoms with Crippen LogP contribution in [0.2, 0.25) is 0 Å². The molecule has 3 rings (SSSR count). The van der Waals surface area contributed by atoms with Gasteiger partial charge in [-0.1, -0.05) is 42.5 Å². The zero-order valence-corrected chi connectivity index (χ0v) is 17.9. The average Bonchev–Trinajstić information content (AvgIpc) is 2.79. The predicted molar refractivity (Wildman–Crippen MR) is 124 cm³/mol. The van der Waals surface area contributed by atoms with Crippen molar-refractivity contribution in [3.05, 3.63) is 71.8 Å². The monoisotopic (exact) mass is 421 g/mol. The highest BCUT2D eigenvalue weighted by Gasteiger charge is 2.17. The standard InChI is InChI=1S/C25H31N3O3/c29-24(26-23-11-8-22(9-12-23)10-13-25(30)31)14-16-28-19-17-27(18-20-28)15-4-7-21-5-2-1-3-6-21/h1-3,5-6,8-13H,4,7,14-20H2,(H,26,29)(H,30,31). The molecule has 0 aromatic heterocycles. The fraction of sp³-hybridized carbons (Fsp3) is 0.360. The Balaban J connectivity index is 1.30. The Morgan fingerprint density at radius 3 is 2.19 bits per heavy atom. The minimum atomic E-state index is -0.981. The largest absolute Gasteiger partial charge is 0.478 e. The summed E-state index contributed by atoms with van der Waals surface area (Å²) in [7, 11) is 0. The van der Waals surface area contributed by atoms with Gasteiger partial charge in [0.1, 0.15) is 0 Å². The molecule has 1 aliphatic rings. The molecule has 0 bridgehead atoms. The fourth-order valence-electron chi connectivity index (χ4n) is 3.72. The second-order valence-electron chi connectivity index (χ2n) is 7.86. The first-order valence-corrected chi connectivity index (χ1v) is 10.9. The highest BCUT2D eigenvalue weighted by atomic mass is 16.4. The number of carboxylic acid groups (broad SMARTS) is 1. The molecule has 0 saturated carbocycles. The van der Waals surface area contributed by atoms with Gasteiger partial charge in [0.05, 0.1) is 0 Å². The Kier molecular flexibility index (Phi) is 8.82. The number of hydrogen-bond donors (Lipinski definition) is 2. The molecule has 1 amide bonds. The summed E-state index contributed by atoms with van der Waals surface area (Å²) in [5.41, 5.74) is 2.90. The normalized spacial score (nSPS) is 15.2. The number of rotatable bonds is 10. The van der Waals surface area contributed by atoms with Crippen molar-refractivity contribution in [2.75, 3.05) is 44.6 Å². The van der Waals surface area contributed by atoms with E-state index in [0.29, 0.717) is 6.42 Å². The molecule has 1 fully saturated rings. The molecule has 164 valence electrons. The molecule has 0 spiro atoms. The molecule has 31 heavy (non-hydrogen) atoms. The van der Waals surface area contributed by atoms with Crippen molar-refractivity contribution in [1.82, 2.24) is 9.80 Å². The first-order valence-electron chi connectivity index (χ1n) is 10.9. The van der Waals surface area contributed by atoms with Crippen LogP contribution in [-0.4, -0.2) is 66.1 Å². The zero-order valence-electron chi connectivity index (χ0n) is 17.9. The maximum absolute atomic E-state index is 12.3. The lowest BCUT2D eigenvalue weighted by Gasteiger charge is -2.34. The van der Waals surface area contributed by atoms with Crippen LogP contribution in [-0.2, 0) is 16.0 Å². The van der Waals surface area contributed by atoms with Gasteiger partial charge in [0.2, 0.25) is 5.91 Å². The van der Waals surface area contributed by atoms with Crippen LogP contribution < -0.4 is 5.32 Å². The molecule has 6 heteroatoms. The summed E-state index contributed by atoms with van der Waals surface area (Å²) >= 11 is 0. The molecule has 6 nitrogen and oxygen atoms in total. The van der Waals surface area contributed by atoms with Crippen LogP contribution in [0, 0.1) is 0 Å². The van der Waals surface area contributed by atoms with Gasteiger partial charge >= 0.3 is 5.97 Å². The highest BCUT2D eigenvalue weighted by molar-refractivity contribution is 5.91. The highest BCUT2D eigenvalue weighted by Crippen LogP contribution is 2.12. The Bertz CT molecular complexity index is 857. The smallest absolute Gasteiger partial charge is 0.328 e. The van der Waals surface area contributed by atoms with E-state index in [1.165, 1.54) is 18.1 Å². The van der Waals surface area contributed by atoms with Gasteiger partial charge in [0, 0.05) is 50.9 Å². The van der Waals surface area contributed by atoms with Crippen LogP contribution in [0.4, 0.5) is 5.69 Å². The first-order chi connectivity index (χ1) is 15.1. The number of carbonyl (C=O) groups is 2. The summed E-state index contributed by atoms with van der Waals surface area (Å²) in [6.45, 7) is 6.01. The van der Waals surface area contributed by atoms with Crippen molar-refractivity contribution in [2.24, 2.45) is 0 Å². The van der Waals surface area contributed by atoms with Gasteiger partial charge in [-0.3, -0.25) is 4.79 Å². The third-order valence-electron chi connectivity index (χ3n) is 5.52. The van der Waals surface area contributed by atoms with Crippen LogP contribution in [0.1, 0.15) is 24.0 Å². The van der Waals surface area contributed by atoms with E-state index >= 15 is 0 Å². The zero-order chi connectivity index (χ0) is 21.9. The lowest BCUT2D eigenvalue weighted by atomic mass is 10.1. The van der Waals surface area contributed by atoms with Gasteiger partial charge in [-0.15, -0.1) is 0 Å². The molecule has 1 saturated heterocycles. The Morgan fingerprint density at radius 2 is 1.55 bits per heavy atom. The van der Waals surface area contributed by atoms with Crippen molar-refractivity contribution in [1.29, 1.82) is 0 Å². The summed E-state index contributed by atoms with van der Waals surface area (Å²) in [5, 5.41) is 11.6. The fourth-order valence-corrected chi connectivity index (χ4v) is 3.72. The van der Waals surface area contributed by atoms with Crippen molar-refractivity contribution >= 4 is 23.6 Å². The number of aliphatic carboxylic acids is 1. The molecule has 2 N–H and O–H groups in total. The second-order valence-corrected chi connectivity index (χ2v) is 7.86. The van der Waals surface area contributed by atoms with E-state index in [-0.39, 0.29) is 5.91 Å². The van der Waals surface area contributed by atoms with Crippen LogP contribution in [0.15, 0.2) is 60.7 Å². The van der Waals surface area contributed by atoms with Gasteiger partial charge in [0.15, 0.2) is 0 Å². The summed E-state index contributed by atoms with van der Waals surface area (Å²) in [6, 6.07) is 17.8. The number of anilines is 1. The van der Waals surface area contributed by atoms with E-state index in [9.17, 15) is 9.59 Å². The third kappa shape index (κ3) is 8.36. The quantitative estimate of drug-likeness (QED) is 0.576. The van der Waals surface area contributed by atoms with Crippen LogP contribution in [0.3, 0.4) is 0 Å². The van der Waals surface area contributed by atoms with E-state index in [0.717, 1.165) is 63.0 Å². The Morgan fingerprint density at radius 1 is 0.903 bits per heavy atom. The molecular weight excluding hydrogens is 390 g/mol. The molecule has 0 radical (unpaired) electrons. The average molecular weight is 422 g/mol. The minimum Gasteiger partial charge on any atom is -0.478 e. The maximum Gasteiger partial charge on any atom is 0.328 e. The molecule has 1 aliphatic heterocycles. The molecule has 2 aromatic carbocycles. The number of amides is 1. The number of piperazine rings is 1. The van der Waals surface area contributed by atoms with E-state index in [4.69, 9.17) is 5.11 Å². The number of hydrogen-bond acceptors (Lipinski definition) is 4. The number of benzene rings is 2. The summed E-state index contributed by atoms with van der Waals surface area (Å²) < 4.78 is 0. The van der Waals surface area contributed by atoms with Gasteiger partial charge in [-0.05, 0) is 48.7 Å².